The Morgan fingerprint density at radius 2 is 1.52 bits per heavy atom. The highest BCUT2D eigenvalue weighted by molar-refractivity contribution is 7.98. The molecule has 0 saturated carbocycles. The summed E-state index contributed by atoms with van der Waals surface area (Å²) in [6.07, 6.45) is 5.06. The third-order valence-corrected chi connectivity index (χ3v) is 5.59. The summed E-state index contributed by atoms with van der Waals surface area (Å²) in [5.41, 5.74) is 2.44. The van der Waals surface area contributed by atoms with Crippen molar-refractivity contribution in [2.75, 3.05) is 26.1 Å². The van der Waals surface area contributed by atoms with E-state index in [0.29, 0.717) is 36.2 Å². The van der Waals surface area contributed by atoms with Crippen LogP contribution in [-0.2, 0) is 23.9 Å². The van der Waals surface area contributed by atoms with Gasteiger partial charge in [-0.15, -0.1) is 16.7 Å². The standard InChI is InChI=1S/C25H29NO6S/c1-19(27)31-18-23(20-12-14-22(33-2)15-13-20)24(21-10-6-5-7-11-21)25(28)30-16-8-3-4-9-17-32-26-29/h5-7,10-15H,3-4,8-9,16-18H2,1-2H3/b24-23+. The molecule has 0 bridgehead atoms. The molecule has 0 amide bonds. The van der Waals surface area contributed by atoms with Gasteiger partial charge in [-0.25, -0.2) is 4.79 Å². The van der Waals surface area contributed by atoms with Crippen molar-refractivity contribution in [1.29, 1.82) is 0 Å². The van der Waals surface area contributed by atoms with E-state index < -0.39 is 11.9 Å². The maximum Gasteiger partial charge on any atom is 0.339 e. The summed E-state index contributed by atoms with van der Waals surface area (Å²) in [6, 6.07) is 17.0. The number of nitrogens with zero attached hydrogens (tertiary/aromatic N) is 1. The fraction of sp³-hybridized carbons (Fsp3) is 0.360. The van der Waals surface area contributed by atoms with E-state index in [1.165, 1.54) is 6.92 Å². The van der Waals surface area contributed by atoms with Crippen LogP contribution >= 0.6 is 11.8 Å². The fourth-order valence-corrected chi connectivity index (χ4v) is 3.59. The molecule has 0 aliphatic heterocycles. The van der Waals surface area contributed by atoms with Crippen molar-refractivity contribution in [3.05, 3.63) is 70.6 Å². The second kappa shape index (κ2) is 14.8. The summed E-state index contributed by atoms with van der Waals surface area (Å²) in [6.45, 7) is 1.84. The SMILES string of the molecule is CSc1ccc(/C(COC(C)=O)=C(/C(=O)OCCCCCCON=O)c2ccccc2)cc1. The van der Waals surface area contributed by atoms with Crippen molar-refractivity contribution in [2.45, 2.75) is 37.5 Å². The van der Waals surface area contributed by atoms with Crippen molar-refractivity contribution < 1.29 is 23.9 Å². The average Bonchev–Trinajstić information content (AvgIpc) is 2.83. The van der Waals surface area contributed by atoms with Gasteiger partial charge in [0.15, 0.2) is 5.34 Å². The Bertz CT molecular complexity index is 928. The quantitative estimate of drug-likeness (QED) is 0.0665. The van der Waals surface area contributed by atoms with E-state index in [-0.39, 0.29) is 13.2 Å². The highest BCUT2D eigenvalue weighted by Crippen LogP contribution is 2.29. The van der Waals surface area contributed by atoms with Gasteiger partial charge >= 0.3 is 11.9 Å². The van der Waals surface area contributed by atoms with Crippen LogP contribution in [-0.4, -0.2) is 38.0 Å². The first-order chi connectivity index (χ1) is 16.1. The zero-order chi connectivity index (χ0) is 23.9. The molecule has 0 N–H and O–H groups in total. The lowest BCUT2D eigenvalue weighted by atomic mass is 9.95. The molecule has 33 heavy (non-hydrogen) atoms. The van der Waals surface area contributed by atoms with Crippen molar-refractivity contribution >= 4 is 34.8 Å². The Morgan fingerprint density at radius 3 is 2.12 bits per heavy atom. The first-order valence-electron chi connectivity index (χ1n) is 10.7. The molecule has 8 heteroatoms. The number of unbranched alkanes of at least 4 members (excludes halogenated alkanes) is 3. The predicted octanol–water partition coefficient (Wildman–Crippen LogP) is 5.68. The van der Waals surface area contributed by atoms with Crippen molar-refractivity contribution in [2.24, 2.45) is 5.34 Å². The molecule has 176 valence electrons. The second-order valence-electron chi connectivity index (χ2n) is 7.19. The van der Waals surface area contributed by atoms with Crippen LogP contribution in [0.15, 0.2) is 64.8 Å². The Balaban J connectivity index is 2.25. The minimum Gasteiger partial charge on any atom is -0.462 e. The van der Waals surface area contributed by atoms with Crippen molar-refractivity contribution in [3.8, 4) is 0 Å². The third kappa shape index (κ3) is 9.10. The van der Waals surface area contributed by atoms with Crippen LogP contribution in [0.1, 0.15) is 43.7 Å². The normalized spacial score (nSPS) is 11.3. The Kier molecular flexibility index (Phi) is 11.7. The van der Waals surface area contributed by atoms with Crippen LogP contribution < -0.4 is 0 Å². The molecule has 0 aliphatic carbocycles. The predicted molar refractivity (Wildman–Crippen MR) is 129 cm³/mol. The molecular formula is C25H29NO6S. The number of hydrogen-bond acceptors (Lipinski definition) is 8. The van der Waals surface area contributed by atoms with Gasteiger partial charge in [0.05, 0.1) is 12.2 Å². The van der Waals surface area contributed by atoms with E-state index in [1.807, 2.05) is 60.9 Å². The smallest absolute Gasteiger partial charge is 0.339 e. The summed E-state index contributed by atoms with van der Waals surface area (Å²) < 4.78 is 10.9. The number of hydrogen-bond donors (Lipinski definition) is 0. The van der Waals surface area contributed by atoms with Crippen molar-refractivity contribution in [3.63, 3.8) is 0 Å². The van der Waals surface area contributed by atoms with Gasteiger partial charge in [-0.05, 0) is 55.2 Å². The molecule has 0 aromatic heterocycles. The molecule has 0 atom stereocenters. The van der Waals surface area contributed by atoms with E-state index in [0.717, 1.165) is 23.3 Å². The summed E-state index contributed by atoms with van der Waals surface area (Å²) in [5, 5.41) is 2.36. The lowest BCUT2D eigenvalue weighted by Gasteiger charge is -2.16. The molecule has 0 saturated heterocycles. The minimum absolute atomic E-state index is 0.0436. The Hall–Kier alpha value is -3.13. The molecule has 7 nitrogen and oxygen atoms in total. The number of ether oxygens (including phenoxy) is 2. The monoisotopic (exact) mass is 471 g/mol. The number of benzene rings is 2. The first-order valence-corrected chi connectivity index (χ1v) is 12.0. The largest absolute Gasteiger partial charge is 0.462 e. The van der Waals surface area contributed by atoms with E-state index >= 15 is 0 Å². The molecule has 0 fully saturated rings. The molecule has 2 aromatic rings. The van der Waals surface area contributed by atoms with Crippen molar-refractivity contribution in [1.82, 2.24) is 0 Å². The molecule has 2 aromatic carbocycles. The van der Waals surface area contributed by atoms with E-state index in [1.54, 1.807) is 11.8 Å². The van der Waals surface area contributed by atoms with Crippen LogP contribution in [0.2, 0.25) is 0 Å². The van der Waals surface area contributed by atoms with Gasteiger partial charge in [-0.2, -0.15) is 0 Å². The minimum atomic E-state index is -0.467. The number of carbonyl (C=O) groups excluding carboxylic acids is 2. The van der Waals surface area contributed by atoms with Gasteiger partial charge in [0.2, 0.25) is 0 Å². The maximum atomic E-state index is 13.2. The molecule has 0 aliphatic rings. The third-order valence-electron chi connectivity index (χ3n) is 4.84. The fourth-order valence-electron chi connectivity index (χ4n) is 3.18. The maximum absolute atomic E-state index is 13.2. The van der Waals surface area contributed by atoms with Gasteiger partial charge in [0.1, 0.15) is 13.2 Å². The van der Waals surface area contributed by atoms with E-state index in [2.05, 4.69) is 10.2 Å². The average molecular weight is 472 g/mol. The highest BCUT2D eigenvalue weighted by atomic mass is 32.2. The second-order valence-corrected chi connectivity index (χ2v) is 8.07. The number of esters is 2. The van der Waals surface area contributed by atoms with Crippen LogP contribution in [0.25, 0.3) is 11.1 Å². The van der Waals surface area contributed by atoms with Gasteiger partial charge < -0.3 is 14.3 Å². The van der Waals surface area contributed by atoms with Crippen LogP contribution in [0.3, 0.4) is 0 Å². The molecule has 0 heterocycles. The van der Waals surface area contributed by atoms with Gasteiger partial charge in [0, 0.05) is 17.4 Å². The summed E-state index contributed by atoms with van der Waals surface area (Å²) in [7, 11) is 0. The topological polar surface area (TPSA) is 91.3 Å². The van der Waals surface area contributed by atoms with Gasteiger partial charge in [0.25, 0.3) is 0 Å². The Morgan fingerprint density at radius 1 is 0.848 bits per heavy atom. The molecular weight excluding hydrogens is 442 g/mol. The molecule has 0 radical (unpaired) electrons. The van der Waals surface area contributed by atoms with Crippen LogP contribution in [0.5, 0.6) is 0 Å². The molecule has 2 rings (SSSR count). The summed E-state index contributed by atoms with van der Waals surface area (Å²) in [5.74, 6) is -0.895. The van der Waals surface area contributed by atoms with Gasteiger partial charge in [-0.1, -0.05) is 42.5 Å². The zero-order valence-corrected chi connectivity index (χ0v) is 19.8. The number of carbonyl (C=O) groups is 2. The van der Waals surface area contributed by atoms with E-state index in [9.17, 15) is 14.5 Å². The highest BCUT2D eigenvalue weighted by Gasteiger charge is 2.21. The number of rotatable bonds is 14. The van der Waals surface area contributed by atoms with E-state index in [4.69, 9.17) is 9.47 Å². The van der Waals surface area contributed by atoms with Gasteiger partial charge in [-0.3, -0.25) is 4.79 Å². The zero-order valence-electron chi connectivity index (χ0n) is 19.0. The number of thioether (sulfide) groups is 1. The van der Waals surface area contributed by atoms with Crippen LogP contribution in [0.4, 0.5) is 0 Å². The Labute approximate surface area is 198 Å². The summed E-state index contributed by atoms with van der Waals surface area (Å²) in [4.78, 5) is 40.2. The lowest BCUT2D eigenvalue weighted by molar-refractivity contribution is -0.140. The lowest BCUT2D eigenvalue weighted by Crippen LogP contribution is -2.13. The first kappa shape index (κ1) is 26.1. The molecule has 0 unspecified atom stereocenters. The van der Waals surface area contributed by atoms with Crippen LogP contribution in [0, 0.1) is 4.91 Å². The summed E-state index contributed by atoms with van der Waals surface area (Å²) >= 11 is 1.62. The molecule has 0 spiro atoms.